The van der Waals surface area contributed by atoms with Crippen LogP contribution >= 0.6 is 0 Å². The Kier molecular flexibility index (Phi) is 6.72. The van der Waals surface area contributed by atoms with Crippen molar-refractivity contribution in [3.63, 3.8) is 0 Å². The van der Waals surface area contributed by atoms with Crippen molar-refractivity contribution in [1.82, 2.24) is 19.1 Å². The minimum atomic E-state index is 0.651. The fourth-order valence-electron chi connectivity index (χ4n) is 5.66. The third-order valence-electron chi connectivity index (χ3n) is 7.82. The second-order valence-corrected chi connectivity index (χ2v) is 10.9. The Morgan fingerprint density at radius 2 is 0.935 bits per heavy atom. The van der Waals surface area contributed by atoms with E-state index in [1.165, 1.54) is 0 Å². The molecular formula is C38H28N6O2. The van der Waals surface area contributed by atoms with E-state index in [0.29, 0.717) is 34.4 Å². The molecule has 0 aliphatic heterocycles. The number of rotatable bonds is 7. The number of fused-ring (bicyclic) bond motifs is 2. The third-order valence-corrected chi connectivity index (χ3v) is 7.82. The maximum atomic E-state index is 6.29. The maximum Gasteiger partial charge on any atom is 0.244 e. The molecule has 8 heteroatoms. The lowest BCUT2D eigenvalue weighted by atomic mass is 10.2. The highest BCUT2D eigenvalue weighted by Gasteiger charge is 2.11. The molecule has 0 N–H and O–H groups in total. The van der Waals surface area contributed by atoms with Gasteiger partial charge in [-0.2, -0.15) is 0 Å². The molecule has 4 aromatic carbocycles. The summed E-state index contributed by atoms with van der Waals surface area (Å²) in [5.74, 6) is 2.71. The van der Waals surface area contributed by atoms with Gasteiger partial charge in [0, 0.05) is 24.5 Å². The van der Waals surface area contributed by atoms with E-state index in [1.54, 1.807) is 12.4 Å². The molecule has 0 fully saturated rings. The number of aromatic nitrogens is 6. The molecule has 0 aliphatic carbocycles. The van der Waals surface area contributed by atoms with Crippen molar-refractivity contribution < 1.29 is 18.6 Å². The van der Waals surface area contributed by atoms with Crippen LogP contribution in [0.25, 0.3) is 44.8 Å². The minimum absolute atomic E-state index is 0.651. The number of benzene rings is 4. The van der Waals surface area contributed by atoms with Crippen molar-refractivity contribution in [2.24, 2.45) is 14.1 Å². The van der Waals surface area contributed by atoms with E-state index < -0.39 is 0 Å². The average Bonchev–Trinajstić information content (AvgIpc) is 3.62. The Morgan fingerprint density at radius 1 is 0.500 bits per heavy atom. The number of hydrogen-bond acceptors (Lipinski definition) is 4. The monoisotopic (exact) mass is 600 g/mol. The molecule has 0 saturated carbocycles. The molecule has 0 unspecified atom stereocenters. The lowest BCUT2D eigenvalue weighted by Crippen LogP contribution is -2.29. The van der Waals surface area contributed by atoms with E-state index in [-0.39, 0.29) is 0 Å². The fourth-order valence-corrected chi connectivity index (χ4v) is 5.66. The van der Waals surface area contributed by atoms with Crippen molar-refractivity contribution in [2.45, 2.75) is 0 Å². The first kappa shape index (κ1) is 27.3. The second-order valence-electron chi connectivity index (χ2n) is 10.9. The predicted molar refractivity (Wildman–Crippen MR) is 174 cm³/mol. The Balaban J connectivity index is 1.03. The van der Waals surface area contributed by atoms with Crippen molar-refractivity contribution >= 4 is 22.1 Å². The Labute approximate surface area is 265 Å². The van der Waals surface area contributed by atoms with Crippen LogP contribution in [-0.2, 0) is 14.1 Å². The quantitative estimate of drug-likeness (QED) is 0.148. The number of para-hydroxylation sites is 4. The van der Waals surface area contributed by atoms with Crippen LogP contribution in [0.1, 0.15) is 0 Å². The molecule has 0 aliphatic rings. The number of pyridine rings is 2. The van der Waals surface area contributed by atoms with Gasteiger partial charge in [-0.05, 0) is 36.4 Å². The van der Waals surface area contributed by atoms with Crippen molar-refractivity contribution in [1.29, 1.82) is 0 Å². The van der Waals surface area contributed by atoms with E-state index in [4.69, 9.17) is 9.47 Å². The van der Waals surface area contributed by atoms with Crippen LogP contribution in [0.3, 0.4) is 0 Å². The lowest BCUT2D eigenvalue weighted by molar-refractivity contribution is -0.573. The summed E-state index contributed by atoms with van der Waals surface area (Å²) in [6.45, 7) is 0. The summed E-state index contributed by atoms with van der Waals surface area (Å²) < 4.78 is 20.6. The Bertz CT molecular complexity index is 2210. The number of imidazole rings is 2. The zero-order chi connectivity index (χ0) is 31.0. The van der Waals surface area contributed by atoms with Gasteiger partial charge in [-0.15, -0.1) is 0 Å². The maximum absolute atomic E-state index is 6.29. The molecule has 4 aromatic heterocycles. The Hall–Kier alpha value is -6.28. The van der Waals surface area contributed by atoms with Crippen LogP contribution in [0.4, 0.5) is 0 Å². The summed E-state index contributed by atoms with van der Waals surface area (Å²) in [6, 6.07) is 39.8. The molecule has 8 nitrogen and oxygen atoms in total. The first-order valence-corrected chi connectivity index (χ1v) is 14.9. The molecule has 0 bridgehead atoms. The molecule has 46 heavy (non-hydrogen) atoms. The molecule has 8 rings (SSSR count). The standard InChI is InChI=1S/C38H28N6O2/c1-41-25-43(37-15-5-3-13-35(37)41)27-9-7-11-29(21-27)45-31-17-19-39-33(23-31)34-24-32(18-20-40-34)46-30-12-8-10-28(22-30)44-26-42(2)36-14-4-6-16-38(36)44/h3-24H,1-2H3. The summed E-state index contributed by atoms with van der Waals surface area (Å²) in [6.07, 6.45) is 10.2. The van der Waals surface area contributed by atoms with E-state index in [0.717, 1.165) is 33.4 Å². The highest BCUT2D eigenvalue weighted by Crippen LogP contribution is 2.29. The molecule has 4 heterocycles. The van der Waals surface area contributed by atoms with Gasteiger partial charge in [-0.3, -0.25) is 9.97 Å². The van der Waals surface area contributed by atoms with Crippen LogP contribution in [0.5, 0.6) is 23.0 Å². The summed E-state index contributed by atoms with van der Waals surface area (Å²) in [4.78, 5) is 9.13. The number of aryl methyl sites for hydroxylation is 2. The van der Waals surface area contributed by atoms with E-state index in [2.05, 4.69) is 46.9 Å². The van der Waals surface area contributed by atoms with E-state index >= 15 is 0 Å². The van der Waals surface area contributed by atoms with Gasteiger partial charge in [0.05, 0.1) is 58.9 Å². The van der Waals surface area contributed by atoms with Gasteiger partial charge in [0.15, 0.2) is 0 Å². The topological polar surface area (TPSA) is 61.9 Å². The molecule has 0 amide bonds. The van der Waals surface area contributed by atoms with Crippen molar-refractivity contribution in [2.75, 3.05) is 0 Å². The summed E-state index contributed by atoms with van der Waals surface area (Å²) >= 11 is 0. The largest absolute Gasteiger partial charge is 0.458 e. The zero-order valence-electron chi connectivity index (χ0n) is 25.2. The fraction of sp³-hybridized carbons (Fsp3) is 0.0526. The molecule has 0 saturated heterocycles. The summed E-state index contributed by atoms with van der Waals surface area (Å²) in [5.41, 5.74) is 7.59. The molecular weight excluding hydrogens is 572 g/mol. The van der Waals surface area contributed by atoms with Gasteiger partial charge in [0.25, 0.3) is 0 Å². The van der Waals surface area contributed by atoms with Gasteiger partial charge in [-0.1, -0.05) is 72.8 Å². The van der Waals surface area contributed by atoms with E-state index in [9.17, 15) is 0 Å². The van der Waals surface area contributed by atoms with Gasteiger partial charge in [0.1, 0.15) is 23.0 Å². The number of hydrogen-bond donors (Lipinski definition) is 0. The van der Waals surface area contributed by atoms with Crippen LogP contribution in [0.15, 0.2) is 134 Å². The molecule has 0 spiro atoms. The zero-order valence-corrected chi connectivity index (χ0v) is 25.2. The average molecular weight is 601 g/mol. The number of ether oxygens (including phenoxy) is 2. The van der Waals surface area contributed by atoms with Gasteiger partial charge in [0.2, 0.25) is 12.7 Å². The minimum Gasteiger partial charge on any atom is -0.458 e. The molecule has 0 atom stereocenters. The lowest BCUT2D eigenvalue weighted by Gasteiger charge is -2.11. The van der Waals surface area contributed by atoms with Gasteiger partial charge < -0.3 is 27.7 Å². The normalized spacial score (nSPS) is 11.3. The smallest absolute Gasteiger partial charge is 0.244 e. The van der Waals surface area contributed by atoms with Crippen LogP contribution < -0.4 is 18.6 Å². The van der Waals surface area contributed by atoms with Gasteiger partial charge in [-0.25, -0.2) is 0 Å². The third kappa shape index (κ3) is 5.11. The first-order valence-electron chi connectivity index (χ1n) is 14.9. The predicted octanol–water partition coefficient (Wildman–Crippen LogP) is 6.87. The molecule has 0 radical (unpaired) electrons. The van der Waals surface area contributed by atoms with Crippen LogP contribution in [0, 0.1) is 12.7 Å². The highest BCUT2D eigenvalue weighted by molar-refractivity contribution is 5.73. The first-order chi connectivity index (χ1) is 22.6. The van der Waals surface area contributed by atoms with Crippen LogP contribution in [0.2, 0.25) is 0 Å². The Morgan fingerprint density at radius 3 is 1.41 bits per heavy atom. The second kappa shape index (κ2) is 11.3. The van der Waals surface area contributed by atoms with Crippen molar-refractivity contribution in [3.8, 4) is 45.8 Å². The number of nitrogens with zero attached hydrogens (tertiary/aromatic N) is 6. The van der Waals surface area contributed by atoms with Crippen LogP contribution in [-0.4, -0.2) is 19.1 Å². The molecule has 222 valence electrons. The van der Waals surface area contributed by atoms with Crippen molar-refractivity contribution in [3.05, 3.63) is 146 Å². The summed E-state index contributed by atoms with van der Waals surface area (Å²) in [5, 5.41) is 0. The SMILES string of the molecule is Cn1[c-][n+](-c2cccc(Oc3ccnc(-c4cc(Oc5cccc(-[n+]6[c-]n(C)c7ccccc76)c5)ccn4)c3)c2)c2ccccc21. The van der Waals surface area contributed by atoms with Gasteiger partial charge >= 0.3 is 0 Å². The summed E-state index contributed by atoms with van der Waals surface area (Å²) in [7, 11) is 3.99. The van der Waals surface area contributed by atoms with E-state index in [1.807, 2.05) is 129 Å². The highest BCUT2D eigenvalue weighted by atomic mass is 16.5. The molecule has 8 aromatic rings.